The molecule has 7 heteroatoms. The van der Waals surface area contributed by atoms with Crippen molar-refractivity contribution in [2.45, 2.75) is 5.22 Å². The van der Waals surface area contributed by atoms with Gasteiger partial charge in [-0.25, -0.2) is 0 Å². The van der Waals surface area contributed by atoms with Crippen LogP contribution in [0.25, 0.3) is 0 Å². The summed E-state index contributed by atoms with van der Waals surface area (Å²) in [5, 5.41) is 1.99. The summed E-state index contributed by atoms with van der Waals surface area (Å²) < 4.78 is 32.1. The van der Waals surface area contributed by atoms with Crippen LogP contribution >= 0.6 is 0 Å². The first-order valence-corrected chi connectivity index (χ1v) is 3.22. The Morgan fingerprint density at radius 1 is 1.67 bits per heavy atom. The standard InChI is InChI=1S/C2HN2O4S/c5-9(6,7)2-3-1-4-8-2/h(H,5,6,7). The van der Waals surface area contributed by atoms with Crippen LogP contribution in [0, 0.1) is 6.33 Å². The zero-order valence-corrected chi connectivity index (χ0v) is 4.79. The Morgan fingerprint density at radius 2 is 2.33 bits per heavy atom. The summed E-state index contributed by atoms with van der Waals surface area (Å²) >= 11 is 0. The van der Waals surface area contributed by atoms with Gasteiger partial charge in [0.15, 0.2) is 0 Å². The molecule has 6 nitrogen and oxygen atoms in total. The maximum Gasteiger partial charge on any atom is 0.370 e. The Bertz CT molecular complexity index is 274. The molecule has 0 unspecified atom stereocenters. The number of rotatable bonds is 1. The lowest BCUT2D eigenvalue weighted by Gasteiger charge is -1.80. The number of nitrogens with zero attached hydrogens (tertiary/aromatic N) is 2. The van der Waals surface area contributed by atoms with Crippen molar-refractivity contribution in [3.8, 4) is 0 Å². The lowest BCUT2D eigenvalue weighted by molar-refractivity contribution is 0.313. The first-order chi connectivity index (χ1) is 4.11. The fraction of sp³-hybridized carbons (Fsp3) is 0. The molecule has 0 amide bonds. The Labute approximate surface area is 50.2 Å². The third-order valence-electron chi connectivity index (χ3n) is 0.527. The summed E-state index contributed by atoms with van der Waals surface area (Å²) in [6.07, 6.45) is 1.83. The van der Waals surface area contributed by atoms with Crippen molar-refractivity contribution in [2.24, 2.45) is 0 Å². The van der Waals surface area contributed by atoms with E-state index in [2.05, 4.69) is 14.7 Å². The molecule has 0 saturated heterocycles. The molecule has 1 heterocycles. The van der Waals surface area contributed by atoms with Gasteiger partial charge in [-0.2, -0.15) is 13.4 Å². The molecule has 49 valence electrons. The minimum Gasteiger partial charge on any atom is -0.319 e. The van der Waals surface area contributed by atoms with Gasteiger partial charge in [0.05, 0.1) is 0 Å². The van der Waals surface area contributed by atoms with E-state index in [4.69, 9.17) is 4.55 Å². The van der Waals surface area contributed by atoms with E-state index < -0.39 is 15.3 Å². The molecule has 0 aliphatic heterocycles. The summed E-state index contributed by atoms with van der Waals surface area (Å²) in [5.41, 5.74) is 0. The van der Waals surface area contributed by atoms with Crippen molar-refractivity contribution in [3.05, 3.63) is 6.33 Å². The van der Waals surface area contributed by atoms with Crippen LogP contribution in [-0.2, 0) is 10.1 Å². The first kappa shape index (κ1) is 6.17. The molecule has 1 radical (unpaired) electrons. The van der Waals surface area contributed by atoms with Gasteiger partial charge in [0.2, 0.25) is 6.33 Å². The van der Waals surface area contributed by atoms with Gasteiger partial charge in [0.1, 0.15) is 0 Å². The van der Waals surface area contributed by atoms with Gasteiger partial charge in [-0.15, -0.1) is 0 Å². The molecule has 0 aromatic carbocycles. The van der Waals surface area contributed by atoms with E-state index in [-0.39, 0.29) is 0 Å². The van der Waals surface area contributed by atoms with Gasteiger partial charge in [-0.1, -0.05) is 5.16 Å². The third-order valence-corrected chi connectivity index (χ3v) is 1.13. The van der Waals surface area contributed by atoms with Crippen LogP contribution in [0.1, 0.15) is 0 Å². The van der Waals surface area contributed by atoms with Gasteiger partial charge < -0.3 is 4.52 Å². The number of hydrogen-bond acceptors (Lipinski definition) is 5. The van der Waals surface area contributed by atoms with E-state index >= 15 is 0 Å². The molecule has 0 bridgehead atoms. The minimum atomic E-state index is -4.33. The highest BCUT2D eigenvalue weighted by Gasteiger charge is 2.15. The normalized spacial score (nSPS) is 11.7. The Balaban J connectivity index is 3.20. The highest BCUT2D eigenvalue weighted by molar-refractivity contribution is 7.85. The molecule has 0 saturated carbocycles. The van der Waals surface area contributed by atoms with Gasteiger partial charge in [0.25, 0.3) is 0 Å². The fourth-order valence-electron chi connectivity index (χ4n) is 0.246. The molecule has 1 rings (SSSR count). The molecule has 1 aromatic rings. The predicted molar refractivity (Wildman–Crippen MR) is 22.9 cm³/mol. The molecule has 0 aliphatic rings. The lowest BCUT2D eigenvalue weighted by atomic mass is 11.3. The highest BCUT2D eigenvalue weighted by atomic mass is 32.2. The average molecular weight is 149 g/mol. The van der Waals surface area contributed by atoms with Crippen molar-refractivity contribution in [2.75, 3.05) is 0 Å². The molecule has 1 aromatic heterocycles. The quantitative estimate of drug-likeness (QED) is 0.521. The van der Waals surface area contributed by atoms with Crippen molar-refractivity contribution < 1.29 is 17.5 Å². The van der Waals surface area contributed by atoms with E-state index in [1.807, 2.05) is 6.33 Å². The van der Waals surface area contributed by atoms with Crippen LogP contribution < -0.4 is 0 Å². The molecule has 0 atom stereocenters. The van der Waals surface area contributed by atoms with E-state index in [1.54, 1.807) is 0 Å². The van der Waals surface area contributed by atoms with Crippen molar-refractivity contribution in [1.82, 2.24) is 10.1 Å². The van der Waals surface area contributed by atoms with Crippen molar-refractivity contribution in [1.29, 1.82) is 0 Å². The first-order valence-electron chi connectivity index (χ1n) is 1.78. The van der Waals surface area contributed by atoms with Crippen molar-refractivity contribution in [3.63, 3.8) is 0 Å². The van der Waals surface area contributed by atoms with Crippen LogP contribution in [0.15, 0.2) is 9.75 Å². The Morgan fingerprint density at radius 3 is 2.56 bits per heavy atom. The van der Waals surface area contributed by atoms with Crippen LogP contribution in [0.4, 0.5) is 0 Å². The Hall–Kier alpha value is -0.950. The molecule has 9 heavy (non-hydrogen) atoms. The van der Waals surface area contributed by atoms with Crippen LogP contribution in [0.2, 0.25) is 0 Å². The zero-order valence-electron chi connectivity index (χ0n) is 3.97. The van der Waals surface area contributed by atoms with E-state index in [0.29, 0.717) is 0 Å². The largest absolute Gasteiger partial charge is 0.370 e. The number of hydrogen-bond donors (Lipinski definition) is 1. The fourth-order valence-corrected chi connectivity index (χ4v) is 0.534. The zero-order chi connectivity index (χ0) is 6.91. The second-order valence-corrected chi connectivity index (χ2v) is 2.43. The third kappa shape index (κ3) is 1.24. The van der Waals surface area contributed by atoms with E-state index in [0.717, 1.165) is 0 Å². The molecule has 0 spiro atoms. The van der Waals surface area contributed by atoms with E-state index in [9.17, 15) is 8.42 Å². The van der Waals surface area contributed by atoms with Gasteiger partial charge in [0, 0.05) is 0 Å². The average Bonchev–Trinajstić information content (AvgIpc) is 2.08. The lowest BCUT2D eigenvalue weighted by Crippen LogP contribution is -1.97. The van der Waals surface area contributed by atoms with Crippen LogP contribution in [0.3, 0.4) is 0 Å². The summed E-state index contributed by atoms with van der Waals surface area (Å²) in [7, 11) is -4.33. The van der Waals surface area contributed by atoms with Crippen LogP contribution in [0.5, 0.6) is 0 Å². The van der Waals surface area contributed by atoms with E-state index in [1.165, 1.54) is 0 Å². The molecule has 1 N–H and O–H groups in total. The topological polar surface area (TPSA) is 93.3 Å². The summed E-state index contributed by atoms with van der Waals surface area (Å²) in [4.78, 5) is 2.95. The molecule has 0 aliphatic carbocycles. The van der Waals surface area contributed by atoms with Crippen LogP contribution in [-0.4, -0.2) is 23.1 Å². The second kappa shape index (κ2) is 1.78. The molecular weight excluding hydrogens is 148 g/mol. The molecule has 0 fully saturated rings. The summed E-state index contributed by atoms with van der Waals surface area (Å²) in [5.74, 6) is 0. The molecular formula is C2HN2O4S. The smallest absolute Gasteiger partial charge is 0.319 e. The van der Waals surface area contributed by atoms with Gasteiger partial charge in [-0.3, -0.25) is 4.55 Å². The maximum atomic E-state index is 10.0. The number of aromatic nitrogens is 2. The maximum absolute atomic E-state index is 10.0. The SMILES string of the molecule is O=S(=O)(O)c1n[c]no1. The highest BCUT2D eigenvalue weighted by Crippen LogP contribution is 1.98. The minimum absolute atomic E-state index is 0.845. The van der Waals surface area contributed by atoms with Gasteiger partial charge >= 0.3 is 15.3 Å². The monoisotopic (exact) mass is 149 g/mol. The summed E-state index contributed by atoms with van der Waals surface area (Å²) in [6.45, 7) is 0. The summed E-state index contributed by atoms with van der Waals surface area (Å²) in [6, 6.07) is 0. The Kier molecular flexibility index (Phi) is 1.22. The van der Waals surface area contributed by atoms with Crippen molar-refractivity contribution >= 4 is 10.1 Å². The van der Waals surface area contributed by atoms with Gasteiger partial charge in [-0.05, 0) is 0 Å². The second-order valence-electron chi connectivity index (χ2n) is 1.14. The predicted octanol–water partition coefficient (Wildman–Crippen LogP) is -0.884.